The molecule has 0 bridgehead atoms. The zero-order chi connectivity index (χ0) is 23.3. The molecular weight excluding hydrogens is 422 g/mol. The van der Waals surface area contributed by atoms with Crippen LogP contribution in [0, 0.1) is 5.92 Å². The molecule has 1 aromatic carbocycles. The molecule has 2 aromatic rings. The largest absolute Gasteiger partial charge is 0.444 e. The summed E-state index contributed by atoms with van der Waals surface area (Å²) < 4.78 is 16.0. The molecule has 0 aliphatic rings. The number of fused-ring (bicyclic) bond motifs is 1. The number of rotatable bonds is 7. The molecule has 170 valence electrons. The van der Waals surface area contributed by atoms with Gasteiger partial charge in [0, 0.05) is 17.5 Å². The Bertz CT molecular complexity index is 1010. The van der Waals surface area contributed by atoms with Crippen molar-refractivity contribution in [1.29, 1.82) is 0 Å². The maximum atomic E-state index is 12.9. The summed E-state index contributed by atoms with van der Waals surface area (Å²) >= 11 is 6.36. The molecule has 0 unspecified atom stereocenters. The molecule has 31 heavy (non-hydrogen) atoms. The Morgan fingerprint density at radius 2 is 1.87 bits per heavy atom. The Morgan fingerprint density at radius 1 is 1.19 bits per heavy atom. The summed E-state index contributed by atoms with van der Waals surface area (Å²) in [6, 6.07) is 3.55. The summed E-state index contributed by atoms with van der Waals surface area (Å²) in [7, 11) is 0. The average molecular weight is 452 g/mol. The molecule has 0 fully saturated rings. The molecule has 1 aromatic heterocycles. The van der Waals surface area contributed by atoms with Gasteiger partial charge in [-0.2, -0.15) is 0 Å². The van der Waals surface area contributed by atoms with Crippen LogP contribution in [-0.4, -0.2) is 23.7 Å². The third kappa shape index (κ3) is 6.72. The number of benzene rings is 1. The van der Waals surface area contributed by atoms with Crippen molar-refractivity contribution in [3.05, 3.63) is 39.2 Å². The number of nitrogens with one attached hydrogen (secondary N) is 1. The van der Waals surface area contributed by atoms with Gasteiger partial charge in [0.1, 0.15) is 17.2 Å². The number of hydrogen-bond donors (Lipinski definition) is 1. The number of alkyl carbamates (subject to hydrolysis) is 1. The van der Waals surface area contributed by atoms with Gasteiger partial charge in [-0.05, 0) is 44.7 Å². The van der Waals surface area contributed by atoms with Crippen LogP contribution in [0.15, 0.2) is 27.4 Å². The highest BCUT2D eigenvalue weighted by Gasteiger charge is 2.30. The highest BCUT2D eigenvalue weighted by atomic mass is 35.5. The fourth-order valence-corrected chi connectivity index (χ4v) is 3.26. The normalized spacial score (nSPS) is 13.5. The minimum absolute atomic E-state index is 0.0512. The lowest BCUT2D eigenvalue weighted by molar-refractivity contribution is -0.138. The highest BCUT2D eigenvalue weighted by Crippen LogP contribution is 2.32. The molecule has 1 N–H and O–H groups in total. The Labute approximate surface area is 187 Å². The number of carbonyl (C=O) groups excluding carboxylic acids is 2. The van der Waals surface area contributed by atoms with Crippen LogP contribution in [0.4, 0.5) is 4.79 Å². The van der Waals surface area contributed by atoms with Gasteiger partial charge in [-0.3, -0.25) is 0 Å². The van der Waals surface area contributed by atoms with Crippen LogP contribution in [-0.2, 0) is 16.0 Å². The number of halogens is 1. The third-order valence-corrected chi connectivity index (χ3v) is 5.05. The molecule has 1 heterocycles. The van der Waals surface area contributed by atoms with Gasteiger partial charge in [0.25, 0.3) is 0 Å². The second-order valence-corrected chi connectivity index (χ2v) is 8.96. The molecule has 2 rings (SSSR count). The zero-order valence-corrected chi connectivity index (χ0v) is 19.6. The fraction of sp³-hybridized carbons (Fsp3) is 0.522. The minimum Gasteiger partial charge on any atom is -0.444 e. The van der Waals surface area contributed by atoms with Crippen molar-refractivity contribution in [1.82, 2.24) is 5.32 Å². The second kappa shape index (κ2) is 10.2. The van der Waals surface area contributed by atoms with Gasteiger partial charge in [-0.15, -0.1) is 0 Å². The van der Waals surface area contributed by atoms with Crippen molar-refractivity contribution >= 4 is 34.6 Å². The number of ether oxygens (including phenoxy) is 2. The molecule has 0 aliphatic carbocycles. The Kier molecular flexibility index (Phi) is 8.12. The van der Waals surface area contributed by atoms with Crippen LogP contribution >= 0.6 is 11.6 Å². The van der Waals surface area contributed by atoms with E-state index in [0.29, 0.717) is 18.2 Å². The molecule has 2 atom stereocenters. The molecule has 0 saturated heterocycles. The van der Waals surface area contributed by atoms with Crippen molar-refractivity contribution < 1.29 is 23.5 Å². The number of carbonyl (C=O) groups is 2. The Hall–Kier alpha value is -2.54. The summed E-state index contributed by atoms with van der Waals surface area (Å²) in [5.41, 5.74) is -0.0933. The maximum Gasteiger partial charge on any atom is 0.408 e. The van der Waals surface area contributed by atoms with Gasteiger partial charge in [0.15, 0.2) is 5.75 Å². The fourth-order valence-electron chi connectivity index (χ4n) is 3.06. The number of amides is 1. The van der Waals surface area contributed by atoms with E-state index in [1.807, 2.05) is 20.8 Å². The first kappa shape index (κ1) is 24.7. The van der Waals surface area contributed by atoms with E-state index >= 15 is 0 Å². The molecule has 7 nitrogen and oxygen atoms in total. The molecule has 0 aliphatic heterocycles. The lowest BCUT2D eigenvalue weighted by Gasteiger charge is -2.25. The van der Waals surface area contributed by atoms with Crippen molar-refractivity contribution in [2.45, 2.75) is 72.4 Å². The van der Waals surface area contributed by atoms with Gasteiger partial charge in [-0.25, -0.2) is 14.4 Å². The van der Waals surface area contributed by atoms with E-state index in [-0.39, 0.29) is 22.3 Å². The average Bonchev–Trinajstić information content (AvgIpc) is 2.65. The van der Waals surface area contributed by atoms with Gasteiger partial charge in [-0.1, -0.05) is 45.2 Å². The summed E-state index contributed by atoms with van der Waals surface area (Å²) in [5, 5.41) is 3.48. The van der Waals surface area contributed by atoms with Crippen LogP contribution in [0.1, 0.15) is 59.9 Å². The number of esters is 1. The smallest absolute Gasteiger partial charge is 0.408 e. The van der Waals surface area contributed by atoms with Crippen LogP contribution in [0.3, 0.4) is 0 Å². The molecule has 0 saturated carbocycles. The van der Waals surface area contributed by atoms with Crippen LogP contribution in [0.5, 0.6) is 5.75 Å². The van der Waals surface area contributed by atoms with E-state index in [1.54, 1.807) is 26.8 Å². The Balaban J connectivity index is 2.33. The summed E-state index contributed by atoms with van der Waals surface area (Å²) in [5.74, 6) is -0.850. The molecule has 0 radical (unpaired) electrons. The van der Waals surface area contributed by atoms with E-state index in [1.165, 1.54) is 12.1 Å². The van der Waals surface area contributed by atoms with E-state index in [2.05, 4.69) is 5.32 Å². The first-order chi connectivity index (χ1) is 14.4. The molecule has 1 amide bonds. The molecular formula is C23H30ClNO6. The van der Waals surface area contributed by atoms with Crippen molar-refractivity contribution in [3.8, 4) is 5.75 Å². The van der Waals surface area contributed by atoms with Crippen LogP contribution < -0.4 is 15.7 Å². The van der Waals surface area contributed by atoms with E-state index < -0.39 is 29.3 Å². The second-order valence-electron chi connectivity index (χ2n) is 8.55. The standard InChI is InChI=1S/C23H30ClNO6/c1-7-9-14-10-19(26)29-17-12-18(16(24)11-15(14)17)30-21(27)20(13(3)8-2)25-22(28)31-23(4,5)6/h10-13,20H,7-9H2,1-6H3,(H,25,28)/t13-,20+/m0/s1. The topological polar surface area (TPSA) is 94.8 Å². The van der Waals surface area contributed by atoms with E-state index in [9.17, 15) is 14.4 Å². The Morgan fingerprint density at radius 3 is 2.45 bits per heavy atom. The molecule has 8 heteroatoms. The van der Waals surface area contributed by atoms with Gasteiger partial charge in [0.2, 0.25) is 0 Å². The summed E-state index contributed by atoms with van der Waals surface area (Å²) in [4.78, 5) is 37.0. The monoisotopic (exact) mass is 451 g/mol. The van der Waals surface area contributed by atoms with Crippen molar-refractivity contribution in [2.75, 3.05) is 0 Å². The first-order valence-corrected chi connectivity index (χ1v) is 10.8. The van der Waals surface area contributed by atoms with Crippen molar-refractivity contribution in [2.24, 2.45) is 5.92 Å². The lowest BCUT2D eigenvalue weighted by atomic mass is 9.99. The van der Waals surface area contributed by atoms with Gasteiger partial charge >= 0.3 is 17.7 Å². The maximum absolute atomic E-state index is 12.9. The third-order valence-electron chi connectivity index (χ3n) is 4.75. The zero-order valence-electron chi connectivity index (χ0n) is 18.8. The predicted molar refractivity (Wildman–Crippen MR) is 120 cm³/mol. The predicted octanol–water partition coefficient (Wildman–Crippen LogP) is 5.24. The highest BCUT2D eigenvalue weighted by molar-refractivity contribution is 6.33. The quantitative estimate of drug-likeness (QED) is 0.351. The van der Waals surface area contributed by atoms with Crippen molar-refractivity contribution in [3.63, 3.8) is 0 Å². The van der Waals surface area contributed by atoms with Crippen LogP contribution in [0.2, 0.25) is 5.02 Å². The van der Waals surface area contributed by atoms with Crippen LogP contribution in [0.25, 0.3) is 11.0 Å². The van der Waals surface area contributed by atoms with Gasteiger partial charge in [0.05, 0.1) is 5.02 Å². The SMILES string of the molecule is CCCc1cc(=O)oc2cc(OC(=O)[C@H](NC(=O)OC(C)(C)C)[C@@H](C)CC)c(Cl)cc12. The number of hydrogen-bond acceptors (Lipinski definition) is 6. The number of aryl methyl sites for hydroxylation is 1. The lowest BCUT2D eigenvalue weighted by Crippen LogP contribution is -2.48. The summed E-state index contributed by atoms with van der Waals surface area (Å²) in [6.45, 7) is 10.9. The molecule has 0 spiro atoms. The minimum atomic E-state index is -0.940. The van der Waals surface area contributed by atoms with E-state index in [4.69, 9.17) is 25.5 Å². The van der Waals surface area contributed by atoms with Gasteiger partial charge < -0.3 is 19.2 Å². The van der Waals surface area contributed by atoms with E-state index in [0.717, 1.165) is 12.0 Å². The summed E-state index contributed by atoms with van der Waals surface area (Å²) in [6.07, 6.45) is 1.44. The first-order valence-electron chi connectivity index (χ1n) is 10.4.